The van der Waals surface area contributed by atoms with Gasteiger partial charge in [-0.25, -0.2) is 0 Å². The van der Waals surface area contributed by atoms with E-state index in [0.29, 0.717) is 37.1 Å². The molecule has 0 aromatic heterocycles. The van der Waals surface area contributed by atoms with Crippen LogP contribution in [0.2, 0.25) is 0 Å². The highest BCUT2D eigenvalue weighted by molar-refractivity contribution is 5.84. The van der Waals surface area contributed by atoms with Crippen LogP contribution in [0.5, 0.6) is 11.5 Å². The molecule has 7 nitrogen and oxygen atoms in total. The van der Waals surface area contributed by atoms with Crippen LogP contribution < -0.4 is 9.47 Å². The van der Waals surface area contributed by atoms with E-state index < -0.39 is 23.6 Å². The molecule has 0 radical (unpaired) electrons. The molecule has 1 amide bonds. The predicted molar refractivity (Wildman–Crippen MR) is 132 cm³/mol. The summed E-state index contributed by atoms with van der Waals surface area (Å²) in [6.45, 7) is 6.73. The van der Waals surface area contributed by atoms with E-state index in [2.05, 4.69) is 0 Å². The zero-order chi connectivity index (χ0) is 25.2. The summed E-state index contributed by atoms with van der Waals surface area (Å²) in [7, 11) is 1.63. The molecular formula is C28H41NO6. The van der Waals surface area contributed by atoms with Gasteiger partial charge in [-0.3, -0.25) is 9.59 Å². The van der Waals surface area contributed by atoms with Gasteiger partial charge in [0.15, 0.2) is 17.6 Å². The highest BCUT2D eigenvalue weighted by atomic mass is 16.5. The van der Waals surface area contributed by atoms with Crippen molar-refractivity contribution in [3.05, 3.63) is 23.8 Å². The first-order valence-electron chi connectivity index (χ1n) is 13.2. The van der Waals surface area contributed by atoms with Gasteiger partial charge in [-0.05, 0) is 56.2 Å². The predicted octanol–water partition coefficient (Wildman–Crippen LogP) is 4.31. The summed E-state index contributed by atoms with van der Waals surface area (Å²) in [6, 6.07) is 5.92. The number of ether oxygens (including phenoxy) is 3. The lowest BCUT2D eigenvalue weighted by Crippen LogP contribution is -2.46. The van der Waals surface area contributed by atoms with Gasteiger partial charge in [-0.1, -0.05) is 32.3 Å². The van der Waals surface area contributed by atoms with Gasteiger partial charge >= 0.3 is 5.97 Å². The van der Waals surface area contributed by atoms with Crippen LogP contribution in [0.1, 0.15) is 77.2 Å². The Hall–Kier alpha value is -2.28. The van der Waals surface area contributed by atoms with Crippen molar-refractivity contribution in [1.82, 2.24) is 4.90 Å². The maximum absolute atomic E-state index is 13.7. The molecule has 3 fully saturated rings. The molecule has 0 bridgehead atoms. The fourth-order valence-corrected chi connectivity index (χ4v) is 5.75. The van der Waals surface area contributed by atoms with Crippen LogP contribution in [0.3, 0.4) is 0 Å². The minimum absolute atomic E-state index is 0.0559. The summed E-state index contributed by atoms with van der Waals surface area (Å²) in [5, 5.41) is 10.9. The highest BCUT2D eigenvalue weighted by Gasteiger charge is 2.50. The van der Waals surface area contributed by atoms with Gasteiger partial charge in [0.1, 0.15) is 0 Å². The van der Waals surface area contributed by atoms with Crippen LogP contribution >= 0.6 is 0 Å². The Labute approximate surface area is 209 Å². The number of benzene rings is 1. The molecule has 3 aliphatic rings. The van der Waals surface area contributed by atoms with Gasteiger partial charge in [0.05, 0.1) is 19.8 Å². The summed E-state index contributed by atoms with van der Waals surface area (Å²) in [6.07, 6.45) is 6.08. The fourth-order valence-electron chi connectivity index (χ4n) is 5.75. The number of amides is 1. The first-order valence-corrected chi connectivity index (χ1v) is 13.2. The number of aliphatic hydroxyl groups is 1. The van der Waals surface area contributed by atoms with E-state index in [1.54, 1.807) is 18.9 Å². The van der Waals surface area contributed by atoms with Crippen molar-refractivity contribution in [3.63, 3.8) is 0 Å². The van der Waals surface area contributed by atoms with E-state index in [1.807, 2.05) is 25.1 Å². The molecule has 1 N–H and O–H groups in total. The Bertz CT molecular complexity index is 907. The molecule has 2 saturated carbocycles. The molecule has 1 heterocycles. The van der Waals surface area contributed by atoms with Gasteiger partial charge in [0.2, 0.25) is 0 Å². The number of likely N-dealkylation sites (tertiary alicyclic amines) is 1. The van der Waals surface area contributed by atoms with Crippen molar-refractivity contribution in [2.75, 3.05) is 26.8 Å². The molecular weight excluding hydrogens is 446 g/mol. The fraction of sp³-hybridized carbons (Fsp3) is 0.714. The van der Waals surface area contributed by atoms with Crippen molar-refractivity contribution in [1.29, 1.82) is 0 Å². The maximum Gasteiger partial charge on any atom is 0.303 e. The molecule has 1 aromatic carbocycles. The highest BCUT2D eigenvalue weighted by Crippen LogP contribution is 2.47. The van der Waals surface area contributed by atoms with E-state index in [4.69, 9.17) is 14.2 Å². The molecule has 1 aromatic rings. The van der Waals surface area contributed by atoms with E-state index in [9.17, 15) is 14.7 Å². The molecule has 1 aliphatic heterocycles. The first kappa shape index (κ1) is 25.8. The standard InChI is InChI=1S/C28H41NO6/c1-18(30)28(3)17-29(27(32)26(35-19(2)31)21-8-6-5-7-9-21)15-23(28)22-12-13-24(33-4)25(14-22)34-16-20-10-11-20/h12-14,18,20-21,23,26,30H,5-11,15-17H2,1-4H3/t18-,23+,26+,28+/m1/s1. The summed E-state index contributed by atoms with van der Waals surface area (Å²) in [5.74, 6) is 1.41. The third-order valence-electron chi connectivity index (χ3n) is 8.37. The first-order chi connectivity index (χ1) is 16.7. The Morgan fingerprint density at radius 1 is 1.14 bits per heavy atom. The molecule has 4 atom stereocenters. The third kappa shape index (κ3) is 5.76. The summed E-state index contributed by atoms with van der Waals surface area (Å²) < 4.78 is 17.2. The molecule has 0 spiro atoms. The van der Waals surface area contributed by atoms with Crippen LogP contribution in [-0.4, -0.2) is 60.9 Å². The molecule has 0 unspecified atom stereocenters. The minimum Gasteiger partial charge on any atom is -0.493 e. The van der Waals surface area contributed by atoms with Crippen molar-refractivity contribution in [2.45, 2.75) is 83.8 Å². The second kappa shape index (κ2) is 10.8. The molecule has 35 heavy (non-hydrogen) atoms. The van der Waals surface area contributed by atoms with Crippen LogP contribution in [0.25, 0.3) is 0 Å². The minimum atomic E-state index is -0.752. The average molecular weight is 488 g/mol. The summed E-state index contributed by atoms with van der Waals surface area (Å²) in [5.41, 5.74) is 0.461. The lowest BCUT2D eigenvalue weighted by molar-refractivity contribution is -0.163. The second-order valence-corrected chi connectivity index (χ2v) is 11.0. The van der Waals surface area contributed by atoms with E-state index in [0.717, 1.165) is 37.7 Å². The van der Waals surface area contributed by atoms with E-state index in [1.165, 1.54) is 19.8 Å². The average Bonchev–Trinajstić information content (AvgIpc) is 3.61. The Kier molecular flexibility index (Phi) is 7.94. The Balaban J connectivity index is 1.59. The lowest BCUT2D eigenvalue weighted by atomic mass is 9.72. The second-order valence-electron chi connectivity index (χ2n) is 11.0. The smallest absolute Gasteiger partial charge is 0.303 e. The number of carbonyl (C=O) groups is 2. The normalized spacial score (nSPS) is 26.8. The van der Waals surface area contributed by atoms with Crippen molar-refractivity contribution in [3.8, 4) is 11.5 Å². The van der Waals surface area contributed by atoms with Gasteiger partial charge < -0.3 is 24.2 Å². The quantitative estimate of drug-likeness (QED) is 0.523. The molecule has 2 aliphatic carbocycles. The zero-order valence-electron chi connectivity index (χ0n) is 21.6. The topological polar surface area (TPSA) is 85.3 Å². The number of methoxy groups -OCH3 is 1. The number of nitrogens with zero attached hydrogens (tertiary/aromatic N) is 1. The monoisotopic (exact) mass is 487 g/mol. The largest absolute Gasteiger partial charge is 0.493 e. The van der Waals surface area contributed by atoms with E-state index >= 15 is 0 Å². The van der Waals surface area contributed by atoms with Crippen LogP contribution in [0, 0.1) is 17.3 Å². The maximum atomic E-state index is 13.7. The third-order valence-corrected chi connectivity index (χ3v) is 8.37. The van der Waals surface area contributed by atoms with Gasteiger partial charge in [0, 0.05) is 37.3 Å². The van der Waals surface area contributed by atoms with Gasteiger partial charge in [-0.2, -0.15) is 0 Å². The van der Waals surface area contributed by atoms with Crippen molar-refractivity contribution < 1.29 is 28.9 Å². The number of aliphatic hydroxyl groups excluding tert-OH is 1. The summed E-state index contributed by atoms with van der Waals surface area (Å²) >= 11 is 0. The zero-order valence-corrected chi connectivity index (χ0v) is 21.6. The molecule has 7 heteroatoms. The molecule has 4 rings (SSSR count). The molecule has 1 saturated heterocycles. The Morgan fingerprint density at radius 2 is 1.86 bits per heavy atom. The number of esters is 1. The molecule has 194 valence electrons. The van der Waals surface area contributed by atoms with Crippen LogP contribution in [0.4, 0.5) is 0 Å². The van der Waals surface area contributed by atoms with Gasteiger partial charge in [-0.15, -0.1) is 0 Å². The summed E-state index contributed by atoms with van der Waals surface area (Å²) in [4.78, 5) is 27.4. The van der Waals surface area contributed by atoms with E-state index in [-0.39, 0.29) is 17.7 Å². The van der Waals surface area contributed by atoms with Crippen molar-refractivity contribution in [2.24, 2.45) is 17.3 Å². The number of carbonyl (C=O) groups excluding carboxylic acids is 2. The Morgan fingerprint density at radius 3 is 2.46 bits per heavy atom. The van der Waals surface area contributed by atoms with Crippen LogP contribution in [-0.2, 0) is 14.3 Å². The number of hydrogen-bond acceptors (Lipinski definition) is 6. The number of hydrogen-bond donors (Lipinski definition) is 1. The number of rotatable bonds is 9. The lowest BCUT2D eigenvalue weighted by Gasteiger charge is -2.34. The van der Waals surface area contributed by atoms with Gasteiger partial charge in [0.25, 0.3) is 5.91 Å². The van der Waals surface area contributed by atoms with Crippen molar-refractivity contribution >= 4 is 11.9 Å². The van der Waals surface area contributed by atoms with Crippen LogP contribution in [0.15, 0.2) is 18.2 Å². The SMILES string of the molecule is COc1ccc([C@@H]2CN(C(=O)[C@@H](OC(C)=O)C3CCCCC3)C[C@@]2(C)[C@@H](C)O)cc1OCC1CC1.